The van der Waals surface area contributed by atoms with Crippen molar-refractivity contribution in [3.8, 4) is 11.3 Å². The fourth-order valence-electron chi connectivity index (χ4n) is 3.12. The summed E-state index contributed by atoms with van der Waals surface area (Å²) in [4.78, 5) is 3.79. The highest BCUT2D eigenvalue weighted by Crippen LogP contribution is 2.23. The molecule has 0 bridgehead atoms. The van der Waals surface area contributed by atoms with Crippen molar-refractivity contribution < 1.29 is 14.0 Å². The molecule has 148 valence electrons. The fraction of sp³-hybridized carbons (Fsp3) is 0.474. The second-order valence-electron chi connectivity index (χ2n) is 6.88. The Balaban J connectivity index is 1.37. The summed E-state index contributed by atoms with van der Waals surface area (Å²) in [6, 6.07) is 10.3. The first-order chi connectivity index (χ1) is 13.7. The largest absolute Gasteiger partial charge is 0.383 e. The molecule has 4 rings (SSSR count). The van der Waals surface area contributed by atoms with Gasteiger partial charge in [0.2, 0.25) is 5.82 Å². The Bertz CT molecular complexity index is 891. The molecule has 0 amide bonds. The molecule has 9 heteroatoms. The Kier molecular flexibility index (Phi) is 5.75. The third kappa shape index (κ3) is 4.44. The molecule has 0 spiro atoms. The first kappa shape index (κ1) is 18.7. The zero-order valence-electron chi connectivity index (χ0n) is 16.1. The maximum Gasteiger partial charge on any atom is 0.204 e. The van der Waals surface area contributed by atoms with Crippen molar-refractivity contribution in [2.24, 2.45) is 0 Å². The van der Waals surface area contributed by atoms with Gasteiger partial charge in [-0.25, -0.2) is 0 Å². The number of methoxy groups -OCH3 is 1. The number of hydrogen-bond donors (Lipinski definition) is 0. The molecule has 0 N–H and O–H groups in total. The summed E-state index contributed by atoms with van der Waals surface area (Å²) in [5.74, 6) is 1.42. The van der Waals surface area contributed by atoms with Gasteiger partial charge in [-0.05, 0) is 12.1 Å². The lowest BCUT2D eigenvalue weighted by atomic mass is 10.1. The van der Waals surface area contributed by atoms with Gasteiger partial charge in [-0.3, -0.25) is 4.90 Å². The van der Waals surface area contributed by atoms with Gasteiger partial charge in [0.1, 0.15) is 11.8 Å². The van der Waals surface area contributed by atoms with Crippen molar-refractivity contribution in [3.63, 3.8) is 0 Å². The van der Waals surface area contributed by atoms with Gasteiger partial charge in [0.05, 0.1) is 26.3 Å². The molecule has 28 heavy (non-hydrogen) atoms. The van der Waals surface area contributed by atoms with Crippen molar-refractivity contribution in [3.05, 3.63) is 47.5 Å². The highest BCUT2D eigenvalue weighted by atomic mass is 16.5. The molecule has 1 fully saturated rings. The van der Waals surface area contributed by atoms with Crippen molar-refractivity contribution in [2.75, 3.05) is 33.4 Å². The molecule has 3 heterocycles. The minimum atomic E-state index is -0.204. The SMILES string of the molecule is COCCn1nnc(C2CN(Cc3cc(-c4ccc(C)cc4)no3)CCO2)n1. The summed E-state index contributed by atoms with van der Waals surface area (Å²) >= 11 is 0. The Hall–Kier alpha value is -2.62. The normalized spacial score (nSPS) is 17.9. The van der Waals surface area contributed by atoms with E-state index in [0.29, 0.717) is 38.7 Å². The van der Waals surface area contributed by atoms with Gasteiger partial charge < -0.3 is 14.0 Å². The minimum Gasteiger partial charge on any atom is -0.383 e. The number of hydrogen-bond acceptors (Lipinski definition) is 8. The summed E-state index contributed by atoms with van der Waals surface area (Å²) < 4.78 is 16.4. The van der Waals surface area contributed by atoms with Crippen LogP contribution < -0.4 is 0 Å². The van der Waals surface area contributed by atoms with Crippen LogP contribution in [-0.4, -0.2) is 63.7 Å². The van der Waals surface area contributed by atoms with Crippen LogP contribution >= 0.6 is 0 Å². The number of aryl methyl sites for hydroxylation is 1. The molecular formula is C19H24N6O3. The van der Waals surface area contributed by atoms with Gasteiger partial charge in [-0.1, -0.05) is 35.0 Å². The van der Waals surface area contributed by atoms with Crippen molar-refractivity contribution in [2.45, 2.75) is 26.1 Å². The first-order valence-electron chi connectivity index (χ1n) is 9.34. The van der Waals surface area contributed by atoms with E-state index in [9.17, 15) is 0 Å². The average molecular weight is 384 g/mol. The minimum absolute atomic E-state index is 0.204. The van der Waals surface area contributed by atoms with Crippen molar-refractivity contribution in [1.29, 1.82) is 0 Å². The maximum absolute atomic E-state index is 5.84. The quantitative estimate of drug-likeness (QED) is 0.610. The van der Waals surface area contributed by atoms with E-state index in [-0.39, 0.29) is 6.10 Å². The topological polar surface area (TPSA) is 91.3 Å². The van der Waals surface area contributed by atoms with E-state index in [4.69, 9.17) is 14.0 Å². The van der Waals surface area contributed by atoms with Gasteiger partial charge in [-0.15, -0.1) is 10.2 Å². The Morgan fingerprint density at radius 2 is 2.11 bits per heavy atom. The molecule has 0 radical (unpaired) electrons. The lowest BCUT2D eigenvalue weighted by molar-refractivity contribution is -0.0394. The highest BCUT2D eigenvalue weighted by Gasteiger charge is 2.26. The maximum atomic E-state index is 5.84. The van der Waals surface area contributed by atoms with Gasteiger partial charge in [-0.2, -0.15) is 4.80 Å². The van der Waals surface area contributed by atoms with Gasteiger partial charge in [0.15, 0.2) is 5.76 Å². The molecule has 2 aromatic heterocycles. The molecule has 1 unspecified atom stereocenters. The molecule has 0 aliphatic carbocycles. The van der Waals surface area contributed by atoms with E-state index >= 15 is 0 Å². The third-order valence-electron chi connectivity index (χ3n) is 4.69. The smallest absolute Gasteiger partial charge is 0.204 e. The zero-order valence-corrected chi connectivity index (χ0v) is 16.1. The third-order valence-corrected chi connectivity index (χ3v) is 4.69. The molecule has 0 saturated carbocycles. The fourth-order valence-corrected chi connectivity index (χ4v) is 3.12. The summed E-state index contributed by atoms with van der Waals surface area (Å²) in [6.45, 7) is 5.94. The molecular weight excluding hydrogens is 360 g/mol. The predicted octanol–water partition coefficient (Wildman–Crippen LogP) is 1.86. The van der Waals surface area contributed by atoms with Gasteiger partial charge in [0, 0.05) is 31.8 Å². The summed E-state index contributed by atoms with van der Waals surface area (Å²) in [6.07, 6.45) is -0.204. The summed E-state index contributed by atoms with van der Waals surface area (Å²) in [5, 5.41) is 16.8. The predicted molar refractivity (Wildman–Crippen MR) is 100 cm³/mol. The molecule has 1 aromatic carbocycles. The lowest BCUT2D eigenvalue weighted by Crippen LogP contribution is -2.38. The van der Waals surface area contributed by atoms with Gasteiger partial charge in [0.25, 0.3) is 0 Å². The van der Waals surface area contributed by atoms with Crippen LogP contribution in [0, 0.1) is 6.92 Å². The van der Waals surface area contributed by atoms with E-state index in [1.165, 1.54) is 10.4 Å². The Morgan fingerprint density at radius 1 is 1.25 bits per heavy atom. The van der Waals surface area contributed by atoms with Crippen LogP contribution in [0.5, 0.6) is 0 Å². The van der Waals surface area contributed by atoms with Crippen molar-refractivity contribution in [1.82, 2.24) is 30.3 Å². The van der Waals surface area contributed by atoms with Gasteiger partial charge >= 0.3 is 0 Å². The number of ether oxygens (including phenoxy) is 2. The van der Waals surface area contributed by atoms with E-state index in [1.54, 1.807) is 7.11 Å². The average Bonchev–Trinajstić information content (AvgIpc) is 3.37. The van der Waals surface area contributed by atoms with E-state index in [1.807, 2.05) is 6.07 Å². The van der Waals surface area contributed by atoms with Crippen LogP contribution in [0.2, 0.25) is 0 Å². The zero-order chi connectivity index (χ0) is 19.3. The molecule has 1 aliphatic heterocycles. The molecule has 1 atom stereocenters. The lowest BCUT2D eigenvalue weighted by Gasteiger charge is -2.30. The molecule has 9 nitrogen and oxygen atoms in total. The Labute approximate surface area is 163 Å². The number of morpholine rings is 1. The monoisotopic (exact) mass is 384 g/mol. The van der Waals surface area contributed by atoms with Crippen molar-refractivity contribution >= 4 is 0 Å². The van der Waals surface area contributed by atoms with Crippen LogP contribution in [0.25, 0.3) is 11.3 Å². The van der Waals surface area contributed by atoms with Crippen LogP contribution in [0.15, 0.2) is 34.9 Å². The van der Waals surface area contributed by atoms with Crippen LogP contribution in [0.4, 0.5) is 0 Å². The highest BCUT2D eigenvalue weighted by molar-refractivity contribution is 5.59. The number of aromatic nitrogens is 5. The first-order valence-corrected chi connectivity index (χ1v) is 9.34. The number of benzene rings is 1. The molecule has 3 aromatic rings. The molecule has 1 saturated heterocycles. The number of rotatable bonds is 7. The van der Waals surface area contributed by atoms with Crippen LogP contribution in [-0.2, 0) is 22.6 Å². The Morgan fingerprint density at radius 3 is 2.93 bits per heavy atom. The van der Waals surface area contributed by atoms with Crippen LogP contribution in [0.3, 0.4) is 0 Å². The summed E-state index contributed by atoms with van der Waals surface area (Å²) in [5.41, 5.74) is 3.12. The van der Waals surface area contributed by atoms with Crippen LogP contribution in [0.1, 0.15) is 23.3 Å². The molecule has 1 aliphatic rings. The second-order valence-corrected chi connectivity index (χ2v) is 6.88. The number of tetrazole rings is 1. The standard InChI is InChI=1S/C19H24N6O3/c1-14-3-5-15(6-4-14)17-11-16(28-22-17)12-24-7-10-27-18(13-24)19-20-23-25(21-19)8-9-26-2/h3-6,11,18H,7-10,12-13H2,1-2H3. The van der Waals surface area contributed by atoms with E-state index < -0.39 is 0 Å². The number of nitrogens with zero attached hydrogens (tertiary/aromatic N) is 6. The summed E-state index contributed by atoms with van der Waals surface area (Å²) in [7, 11) is 1.65. The van der Waals surface area contributed by atoms with E-state index in [2.05, 4.69) is 56.7 Å². The second kappa shape index (κ2) is 8.59. The van der Waals surface area contributed by atoms with E-state index in [0.717, 1.165) is 23.6 Å².